The number of anilines is 2. The Morgan fingerprint density at radius 3 is 2.50 bits per heavy atom. The van der Waals surface area contributed by atoms with Crippen LogP contribution in [0.4, 0.5) is 24.7 Å². The number of thioether (sulfide) groups is 1. The number of piperazine rings is 1. The first kappa shape index (κ1) is 24.0. The van der Waals surface area contributed by atoms with Crippen molar-refractivity contribution in [3.05, 3.63) is 78.1 Å². The van der Waals surface area contributed by atoms with Gasteiger partial charge in [-0.05, 0) is 42.0 Å². The second-order valence-electron chi connectivity index (χ2n) is 7.87. The van der Waals surface area contributed by atoms with Gasteiger partial charge in [-0.1, -0.05) is 18.2 Å². The van der Waals surface area contributed by atoms with Gasteiger partial charge in [0.2, 0.25) is 5.91 Å². The smallest absolute Gasteiger partial charge is 0.354 e. The van der Waals surface area contributed by atoms with Gasteiger partial charge < -0.3 is 10.2 Å². The fourth-order valence-corrected chi connectivity index (χ4v) is 4.41. The summed E-state index contributed by atoms with van der Waals surface area (Å²) < 4.78 is 38.2. The fourth-order valence-electron chi connectivity index (χ4n) is 3.61. The average Bonchev–Trinajstić information content (AvgIpc) is 2.84. The number of alkyl halides is 3. The molecule has 0 saturated carbocycles. The summed E-state index contributed by atoms with van der Waals surface area (Å²) in [5, 5.41) is 3.90. The summed E-state index contributed by atoms with van der Waals surface area (Å²) >= 11 is 1.63. The Morgan fingerprint density at radius 2 is 1.82 bits per heavy atom. The van der Waals surface area contributed by atoms with E-state index in [2.05, 4.69) is 15.3 Å². The molecule has 1 amide bonds. The first-order valence-electron chi connectivity index (χ1n) is 10.8. The van der Waals surface area contributed by atoms with Crippen molar-refractivity contribution in [1.82, 2.24) is 14.9 Å². The molecule has 10 heteroatoms. The molecule has 2 aromatic heterocycles. The third-order valence-electron chi connectivity index (χ3n) is 5.37. The predicted molar refractivity (Wildman–Crippen MR) is 127 cm³/mol. The number of nitrogens with one attached hydrogen (secondary N) is 1. The quantitative estimate of drug-likeness (QED) is 0.494. The van der Waals surface area contributed by atoms with Gasteiger partial charge in [0.25, 0.3) is 0 Å². The molecule has 0 spiro atoms. The molecule has 1 saturated heterocycles. The summed E-state index contributed by atoms with van der Waals surface area (Å²) in [6.45, 7) is 2.67. The number of benzene rings is 1. The van der Waals surface area contributed by atoms with Crippen molar-refractivity contribution >= 4 is 29.2 Å². The summed E-state index contributed by atoms with van der Waals surface area (Å²) in [5.41, 5.74) is 1.08. The molecule has 1 aliphatic rings. The number of carbonyl (C=O) groups is 1. The van der Waals surface area contributed by atoms with Crippen LogP contribution in [0.1, 0.15) is 11.1 Å². The number of rotatable bonds is 7. The normalized spacial score (nSPS) is 14.7. The summed E-state index contributed by atoms with van der Waals surface area (Å²) in [4.78, 5) is 24.8. The van der Waals surface area contributed by atoms with Crippen molar-refractivity contribution in [2.45, 2.75) is 17.0 Å². The molecule has 0 radical (unpaired) electrons. The van der Waals surface area contributed by atoms with E-state index in [1.54, 1.807) is 18.0 Å². The molecule has 0 atom stereocenters. The number of hydrogen-bond acceptors (Lipinski definition) is 6. The van der Waals surface area contributed by atoms with Crippen molar-refractivity contribution in [3.63, 3.8) is 0 Å². The van der Waals surface area contributed by atoms with Crippen LogP contribution in [-0.4, -0.2) is 53.5 Å². The molecule has 1 aliphatic heterocycles. The number of amides is 1. The van der Waals surface area contributed by atoms with E-state index in [-0.39, 0.29) is 12.5 Å². The van der Waals surface area contributed by atoms with E-state index in [0.717, 1.165) is 34.3 Å². The first-order chi connectivity index (χ1) is 16.4. The third kappa shape index (κ3) is 6.71. The van der Waals surface area contributed by atoms with E-state index in [1.165, 1.54) is 6.07 Å². The molecule has 1 N–H and O–H groups in total. The third-order valence-corrected chi connectivity index (χ3v) is 6.39. The highest BCUT2D eigenvalue weighted by atomic mass is 32.2. The minimum absolute atomic E-state index is 0.101. The zero-order valence-corrected chi connectivity index (χ0v) is 19.1. The zero-order valence-electron chi connectivity index (χ0n) is 18.3. The monoisotopic (exact) mass is 487 g/mol. The van der Waals surface area contributed by atoms with Crippen molar-refractivity contribution in [3.8, 4) is 0 Å². The van der Waals surface area contributed by atoms with Gasteiger partial charge in [-0.25, -0.2) is 9.97 Å². The molecule has 34 heavy (non-hydrogen) atoms. The van der Waals surface area contributed by atoms with Crippen molar-refractivity contribution in [2.75, 3.05) is 42.9 Å². The molecule has 1 aromatic carbocycles. The largest absolute Gasteiger partial charge is 0.417 e. The van der Waals surface area contributed by atoms with Gasteiger partial charge in [0.1, 0.15) is 5.82 Å². The molecule has 3 heterocycles. The van der Waals surface area contributed by atoms with E-state index in [4.69, 9.17) is 0 Å². The highest BCUT2D eigenvalue weighted by Gasteiger charge is 2.31. The molecular formula is C24H24F3N5OS. The Labute approximate surface area is 200 Å². The molecule has 0 bridgehead atoms. The number of aromatic nitrogens is 2. The summed E-state index contributed by atoms with van der Waals surface area (Å²) in [6, 6.07) is 16.0. The number of carbonyl (C=O) groups excluding carboxylic acids is 1. The van der Waals surface area contributed by atoms with Crippen LogP contribution in [0.2, 0.25) is 0 Å². The average molecular weight is 488 g/mol. The molecule has 4 rings (SSSR count). The van der Waals surface area contributed by atoms with Crippen molar-refractivity contribution < 1.29 is 18.0 Å². The van der Waals surface area contributed by atoms with Crippen LogP contribution >= 0.6 is 11.8 Å². The number of halogens is 3. The van der Waals surface area contributed by atoms with Crippen molar-refractivity contribution in [2.24, 2.45) is 0 Å². The van der Waals surface area contributed by atoms with Crippen LogP contribution in [0.25, 0.3) is 0 Å². The van der Waals surface area contributed by atoms with Crippen LogP contribution in [0.3, 0.4) is 0 Å². The number of nitrogens with zero attached hydrogens (tertiary/aromatic N) is 4. The topological polar surface area (TPSA) is 61.4 Å². The van der Waals surface area contributed by atoms with Gasteiger partial charge in [-0.2, -0.15) is 13.2 Å². The minimum atomic E-state index is -4.39. The van der Waals surface area contributed by atoms with E-state index >= 15 is 0 Å². The lowest BCUT2D eigenvalue weighted by atomic mass is 10.2. The maximum absolute atomic E-state index is 12.7. The summed E-state index contributed by atoms with van der Waals surface area (Å²) in [7, 11) is 0. The van der Waals surface area contributed by atoms with E-state index < -0.39 is 11.7 Å². The molecule has 3 aromatic rings. The molecule has 178 valence electrons. The molecule has 1 fully saturated rings. The van der Waals surface area contributed by atoms with E-state index in [0.29, 0.717) is 32.0 Å². The van der Waals surface area contributed by atoms with Crippen LogP contribution in [0, 0.1) is 0 Å². The number of pyridine rings is 2. The van der Waals surface area contributed by atoms with Gasteiger partial charge in [0.05, 0.1) is 17.1 Å². The van der Waals surface area contributed by atoms with Gasteiger partial charge in [0.15, 0.2) is 0 Å². The minimum Gasteiger partial charge on any atom is -0.354 e. The van der Waals surface area contributed by atoms with Gasteiger partial charge >= 0.3 is 6.18 Å². The predicted octanol–water partition coefficient (Wildman–Crippen LogP) is 4.55. The van der Waals surface area contributed by atoms with Gasteiger partial charge in [-0.3, -0.25) is 9.69 Å². The van der Waals surface area contributed by atoms with E-state index in [1.807, 2.05) is 52.3 Å². The standard InChI is InChI=1S/C24H24F3N5OS/c25-24(26,27)19-7-8-21(29-15-19)32-12-10-31(11-13-32)16-22(33)30-20-5-3-4-18(14-20)17-34-23-6-1-2-9-28-23/h1-9,14-15H,10-13,16-17H2,(H,30,33). The molecule has 6 nitrogen and oxygen atoms in total. The van der Waals surface area contributed by atoms with Crippen LogP contribution in [0.15, 0.2) is 72.0 Å². The van der Waals surface area contributed by atoms with Crippen LogP contribution in [0.5, 0.6) is 0 Å². The lowest BCUT2D eigenvalue weighted by molar-refractivity contribution is -0.137. The lowest BCUT2D eigenvalue weighted by Gasteiger charge is -2.35. The Bertz CT molecular complexity index is 1090. The lowest BCUT2D eigenvalue weighted by Crippen LogP contribution is -2.48. The first-order valence-corrected chi connectivity index (χ1v) is 11.8. The molecule has 0 unspecified atom stereocenters. The van der Waals surface area contributed by atoms with Gasteiger partial charge in [0, 0.05) is 50.0 Å². The highest BCUT2D eigenvalue weighted by molar-refractivity contribution is 7.98. The van der Waals surface area contributed by atoms with Crippen LogP contribution < -0.4 is 10.2 Å². The Hall–Kier alpha value is -3.11. The second-order valence-corrected chi connectivity index (χ2v) is 8.87. The maximum atomic E-state index is 12.7. The number of hydrogen-bond donors (Lipinski definition) is 1. The second kappa shape index (κ2) is 10.9. The van der Waals surface area contributed by atoms with Crippen LogP contribution in [-0.2, 0) is 16.7 Å². The van der Waals surface area contributed by atoms with E-state index in [9.17, 15) is 18.0 Å². The fraction of sp³-hybridized carbons (Fsp3) is 0.292. The molecular weight excluding hydrogens is 463 g/mol. The Balaban J connectivity index is 1.23. The van der Waals surface area contributed by atoms with Gasteiger partial charge in [-0.15, -0.1) is 11.8 Å². The Morgan fingerprint density at radius 1 is 1.00 bits per heavy atom. The van der Waals surface area contributed by atoms with Crippen molar-refractivity contribution in [1.29, 1.82) is 0 Å². The molecule has 0 aliphatic carbocycles. The highest BCUT2D eigenvalue weighted by Crippen LogP contribution is 2.29. The Kier molecular flexibility index (Phi) is 7.69. The summed E-state index contributed by atoms with van der Waals surface area (Å²) in [6.07, 6.45) is -1.77. The summed E-state index contributed by atoms with van der Waals surface area (Å²) in [5.74, 6) is 1.16. The maximum Gasteiger partial charge on any atom is 0.417 e. The zero-order chi connectivity index (χ0) is 24.0. The SMILES string of the molecule is O=C(CN1CCN(c2ccc(C(F)(F)F)cn2)CC1)Nc1cccc(CSc2ccccn2)c1.